The molecule has 4 nitrogen and oxygen atoms in total. The van der Waals surface area contributed by atoms with Gasteiger partial charge in [-0.2, -0.15) is 4.31 Å². The lowest BCUT2D eigenvalue weighted by atomic mass is 10.0. The summed E-state index contributed by atoms with van der Waals surface area (Å²) in [6.07, 6.45) is 0.965. The van der Waals surface area contributed by atoms with E-state index in [-0.39, 0.29) is 0 Å². The third kappa shape index (κ3) is 4.59. The molecule has 1 aliphatic rings. The molecule has 1 fully saturated rings. The third-order valence-corrected chi connectivity index (χ3v) is 7.72. The Balaban J connectivity index is 1.41. The predicted octanol–water partition coefficient (Wildman–Crippen LogP) is 4.54. The molecule has 0 unspecified atom stereocenters. The van der Waals surface area contributed by atoms with Crippen LogP contribution < -0.4 is 0 Å². The van der Waals surface area contributed by atoms with E-state index in [1.165, 1.54) is 21.9 Å². The second-order valence-corrected chi connectivity index (χ2v) is 10.5. The van der Waals surface area contributed by atoms with Crippen molar-refractivity contribution in [2.75, 3.05) is 26.2 Å². The van der Waals surface area contributed by atoms with E-state index in [1.54, 1.807) is 16.4 Å². The quantitative estimate of drug-likeness (QED) is 0.585. The van der Waals surface area contributed by atoms with Crippen LogP contribution in [0, 0.1) is 5.92 Å². The SMILES string of the molecule is CC(C)Cc1ccc(S(=O)(=O)N2CCN(Cc3cccc4ccccc34)CC2)cc1. The van der Waals surface area contributed by atoms with Gasteiger partial charge in [-0.15, -0.1) is 0 Å². The van der Waals surface area contributed by atoms with Crippen LogP contribution in [0.2, 0.25) is 0 Å². The summed E-state index contributed by atoms with van der Waals surface area (Å²) >= 11 is 0. The number of rotatable bonds is 6. The minimum atomic E-state index is -3.43. The van der Waals surface area contributed by atoms with Crippen LogP contribution in [0.5, 0.6) is 0 Å². The van der Waals surface area contributed by atoms with Gasteiger partial charge in [-0.3, -0.25) is 4.90 Å². The number of piperazine rings is 1. The van der Waals surface area contributed by atoms with Crippen molar-refractivity contribution in [3.63, 3.8) is 0 Å². The van der Waals surface area contributed by atoms with Gasteiger partial charge in [-0.25, -0.2) is 8.42 Å². The second-order valence-electron chi connectivity index (χ2n) is 8.56. The largest absolute Gasteiger partial charge is 0.296 e. The molecule has 1 aliphatic heterocycles. The molecule has 1 saturated heterocycles. The Hall–Kier alpha value is -2.21. The Bertz CT molecular complexity index is 1090. The summed E-state index contributed by atoms with van der Waals surface area (Å²) < 4.78 is 27.8. The fourth-order valence-corrected chi connectivity index (χ4v) is 5.64. The maximum Gasteiger partial charge on any atom is 0.243 e. The summed E-state index contributed by atoms with van der Waals surface area (Å²) in [6.45, 7) is 7.73. The van der Waals surface area contributed by atoms with Crippen molar-refractivity contribution in [3.05, 3.63) is 77.9 Å². The molecule has 0 aromatic heterocycles. The average molecular weight is 423 g/mol. The first-order valence-corrected chi connectivity index (χ1v) is 12.2. The summed E-state index contributed by atoms with van der Waals surface area (Å²) in [6, 6.07) is 22.2. The van der Waals surface area contributed by atoms with E-state index in [9.17, 15) is 8.42 Å². The van der Waals surface area contributed by atoms with Crippen molar-refractivity contribution in [3.8, 4) is 0 Å². The molecule has 0 saturated carbocycles. The van der Waals surface area contributed by atoms with Crippen LogP contribution in [0.3, 0.4) is 0 Å². The van der Waals surface area contributed by atoms with Gasteiger partial charge in [0, 0.05) is 32.7 Å². The molecule has 30 heavy (non-hydrogen) atoms. The van der Waals surface area contributed by atoms with Gasteiger partial charge >= 0.3 is 0 Å². The van der Waals surface area contributed by atoms with Gasteiger partial charge in [0.1, 0.15) is 0 Å². The van der Waals surface area contributed by atoms with Crippen molar-refractivity contribution in [2.45, 2.75) is 31.7 Å². The van der Waals surface area contributed by atoms with E-state index in [1.807, 2.05) is 12.1 Å². The van der Waals surface area contributed by atoms with Gasteiger partial charge in [0.05, 0.1) is 4.90 Å². The van der Waals surface area contributed by atoms with Gasteiger partial charge in [-0.1, -0.05) is 68.4 Å². The summed E-state index contributed by atoms with van der Waals surface area (Å²) in [5, 5.41) is 2.52. The minimum Gasteiger partial charge on any atom is -0.296 e. The van der Waals surface area contributed by atoms with Crippen LogP contribution >= 0.6 is 0 Å². The molecule has 0 N–H and O–H groups in total. The Labute approximate surface area is 180 Å². The molecule has 3 aromatic carbocycles. The smallest absolute Gasteiger partial charge is 0.243 e. The number of benzene rings is 3. The van der Waals surface area contributed by atoms with Crippen LogP contribution in [0.15, 0.2) is 71.6 Å². The van der Waals surface area contributed by atoms with Crippen LogP contribution in [0.25, 0.3) is 10.8 Å². The molecule has 0 radical (unpaired) electrons. The molecule has 1 heterocycles. The Morgan fingerprint density at radius 1 is 0.833 bits per heavy atom. The zero-order valence-corrected chi connectivity index (χ0v) is 18.6. The molecule has 4 rings (SSSR count). The predicted molar refractivity (Wildman–Crippen MR) is 123 cm³/mol. The van der Waals surface area contributed by atoms with E-state index >= 15 is 0 Å². The minimum absolute atomic E-state index is 0.400. The highest BCUT2D eigenvalue weighted by Gasteiger charge is 2.28. The normalized spacial score (nSPS) is 16.4. The van der Waals surface area contributed by atoms with Gasteiger partial charge < -0.3 is 0 Å². The van der Waals surface area contributed by atoms with Crippen molar-refractivity contribution in [1.82, 2.24) is 9.21 Å². The van der Waals surface area contributed by atoms with Crippen LogP contribution in [-0.2, 0) is 23.0 Å². The van der Waals surface area contributed by atoms with Crippen molar-refractivity contribution in [1.29, 1.82) is 0 Å². The fraction of sp³-hybridized carbons (Fsp3) is 0.360. The molecule has 0 aliphatic carbocycles. The molecular weight excluding hydrogens is 392 g/mol. The van der Waals surface area contributed by atoms with Crippen molar-refractivity contribution in [2.24, 2.45) is 5.92 Å². The van der Waals surface area contributed by atoms with E-state index in [0.29, 0.717) is 23.9 Å². The zero-order chi connectivity index (χ0) is 21.1. The first-order chi connectivity index (χ1) is 14.4. The highest BCUT2D eigenvalue weighted by Crippen LogP contribution is 2.23. The summed E-state index contributed by atoms with van der Waals surface area (Å²) in [5.74, 6) is 0.558. The van der Waals surface area contributed by atoms with Gasteiger partial charge in [0.2, 0.25) is 10.0 Å². The third-order valence-electron chi connectivity index (χ3n) is 5.81. The Morgan fingerprint density at radius 2 is 1.50 bits per heavy atom. The lowest BCUT2D eigenvalue weighted by molar-refractivity contribution is 0.182. The first-order valence-electron chi connectivity index (χ1n) is 10.7. The summed E-state index contributed by atoms with van der Waals surface area (Å²) in [4.78, 5) is 2.75. The number of fused-ring (bicyclic) bond motifs is 1. The van der Waals surface area contributed by atoms with E-state index < -0.39 is 10.0 Å². The van der Waals surface area contributed by atoms with Crippen LogP contribution in [0.1, 0.15) is 25.0 Å². The molecule has 158 valence electrons. The monoisotopic (exact) mass is 422 g/mol. The molecule has 0 amide bonds. The van der Waals surface area contributed by atoms with Gasteiger partial charge in [-0.05, 0) is 46.4 Å². The molecule has 3 aromatic rings. The fourth-order valence-electron chi connectivity index (χ4n) is 4.22. The highest BCUT2D eigenvalue weighted by molar-refractivity contribution is 7.89. The molecule has 5 heteroatoms. The van der Waals surface area contributed by atoms with Crippen LogP contribution in [-0.4, -0.2) is 43.8 Å². The number of hydrogen-bond acceptors (Lipinski definition) is 3. The van der Waals surface area contributed by atoms with E-state index in [2.05, 4.69) is 61.2 Å². The molecule has 0 bridgehead atoms. The number of sulfonamides is 1. The summed E-state index contributed by atoms with van der Waals surface area (Å²) in [7, 11) is -3.43. The molecular formula is C25H30N2O2S. The van der Waals surface area contributed by atoms with E-state index in [4.69, 9.17) is 0 Å². The standard InChI is InChI=1S/C25H30N2O2S/c1-20(2)18-21-10-12-24(13-11-21)30(28,29)27-16-14-26(15-17-27)19-23-8-5-7-22-6-3-4-9-25(22)23/h3-13,20H,14-19H2,1-2H3. The lowest BCUT2D eigenvalue weighted by Crippen LogP contribution is -2.48. The Morgan fingerprint density at radius 3 is 2.20 bits per heavy atom. The maximum atomic E-state index is 13.1. The average Bonchev–Trinajstić information content (AvgIpc) is 2.74. The number of hydrogen-bond donors (Lipinski definition) is 0. The topological polar surface area (TPSA) is 40.6 Å². The van der Waals surface area contributed by atoms with Gasteiger partial charge in [0.15, 0.2) is 0 Å². The lowest BCUT2D eigenvalue weighted by Gasteiger charge is -2.34. The van der Waals surface area contributed by atoms with E-state index in [0.717, 1.165) is 26.1 Å². The van der Waals surface area contributed by atoms with Crippen molar-refractivity contribution >= 4 is 20.8 Å². The number of nitrogens with zero attached hydrogens (tertiary/aromatic N) is 2. The zero-order valence-electron chi connectivity index (χ0n) is 17.8. The molecule has 0 spiro atoms. The second kappa shape index (κ2) is 8.88. The van der Waals surface area contributed by atoms with Crippen LogP contribution in [0.4, 0.5) is 0 Å². The van der Waals surface area contributed by atoms with Gasteiger partial charge in [0.25, 0.3) is 0 Å². The maximum absolute atomic E-state index is 13.1. The Kier molecular flexibility index (Phi) is 6.23. The first kappa shape index (κ1) is 21.0. The highest BCUT2D eigenvalue weighted by atomic mass is 32.2. The molecule has 0 atom stereocenters. The van der Waals surface area contributed by atoms with Crippen molar-refractivity contribution < 1.29 is 8.42 Å². The summed E-state index contributed by atoms with van der Waals surface area (Å²) in [5.41, 5.74) is 2.48.